The van der Waals surface area contributed by atoms with Crippen LogP contribution in [0.25, 0.3) is 0 Å². The van der Waals surface area contributed by atoms with E-state index < -0.39 is 0 Å². The first-order valence-corrected chi connectivity index (χ1v) is 6.13. The molecule has 2 rings (SSSR count). The lowest BCUT2D eigenvalue weighted by Crippen LogP contribution is -2.46. The molecule has 5 heteroatoms. The van der Waals surface area contributed by atoms with Gasteiger partial charge in [0.25, 0.3) is 5.91 Å². The number of amides is 1. The minimum absolute atomic E-state index is 0.0501. The number of piperidine rings is 1. The molecule has 1 fully saturated rings. The van der Waals surface area contributed by atoms with Crippen LogP contribution in [0.15, 0.2) is 0 Å². The number of nitrogens with zero attached hydrogens (tertiary/aromatic N) is 2. The predicted molar refractivity (Wildman–Crippen MR) is 66.6 cm³/mol. The SMILES string of the molecule is Cc1[nH]nc(C(=O)N2CCCC(C)C2C)c1N. The van der Waals surface area contributed by atoms with Gasteiger partial charge in [0.05, 0.1) is 11.4 Å². The van der Waals surface area contributed by atoms with Crippen molar-refractivity contribution in [3.05, 3.63) is 11.4 Å². The zero-order valence-corrected chi connectivity index (χ0v) is 10.7. The molecule has 0 spiro atoms. The van der Waals surface area contributed by atoms with Crippen LogP contribution in [-0.4, -0.2) is 33.6 Å². The van der Waals surface area contributed by atoms with Crippen LogP contribution in [0.5, 0.6) is 0 Å². The number of hydrogen-bond donors (Lipinski definition) is 2. The summed E-state index contributed by atoms with van der Waals surface area (Å²) in [5.41, 5.74) is 7.44. The Hall–Kier alpha value is -1.52. The van der Waals surface area contributed by atoms with E-state index in [4.69, 9.17) is 5.73 Å². The van der Waals surface area contributed by atoms with Crippen LogP contribution >= 0.6 is 0 Å². The number of hydrogen-bond acceptors (Lipinski definition) is 3. The molecule has 1 aromatic rings. The highest BCUT2D eigenvalue weighted by atomic mass is 16.2. The molecule has 0 aromatic carbocycles. The lowest BCUT2D eigenvalue weighted by Gasteiger charge is -2.37. The molecule has 1 aromatic heterocycles. The summed E-state index contributed by atoms with van der Waals surface area (Å²) < 4.78 is 0. The van der Waals surface area contributed by atoms with Gasteiger partial charge >= 0.3 is 0 Å². The number of likely N-dealkylation sites (tertiary alicyclic amines) is 1. The fraction of sp³-hybridized carbons (Fsp3) is 0.667. The third-order valence-corrected chi connectivity index (χ3v) is 3.83. The van der Waals surface area contributed by atoms with Crippen molar-refractivity contribution in [3.63, 3.8) is 0 Å². The fourth-order valence-corrected chi connectivity index (χ4v) is 2.36. The van der Waals surface area contributed by atoms with Gasteiger partial charge in [0.15, 0.2) is 5.69 Å². The van der Waals surface area contributed by atoms with Crippen molar-refractivity contribution < 1.29 is 4.79 Å². The molecular formula is C12H20N4O. The maximum absolute atomic E-state index is 12.4. The molecule has 3 N–H and O–H groups in total. The summed E-state index contributed by atoms with van der Waals surface area (Å²) in [7, 11) is 0. The number of anilines is 1. The summed E-state index contributed by atoms with van der Waals surface area (Å²) in [6.45, 7) is 6.90. The predicted octanol–water partition coefficient (Wildman–Crippen LogP) is 1.56. The number of carbonyl (C=O) groups is 1. The van der Waals surface area contributed by atoms with Crippen molar-refractivity contribution in [2.24, 2.45) is 5.92 Å². The largest absolute Gasteiger partial charge is 0.395 e. The van der Waals surface area contributed by atoms with Gasteiger partial charge in [-0.15, -0.1) is 0 Å². The number of nitrogens with one attached hydrogen (secondary N) is 1. The van der Waals surface area contributed by atoms with E-state index in [0.717, 1.165) is 18.7 Å². The van der Waals surface area contributed by atoms with Crippen molar-refractivity contribution in [2.75, 3.05) is 12.3 Å². The number of nitrogen functional groups attached to an aromatic ring is 1. The molecule has 0 radical (unpaired) electrons. The molecular weight excluding hydrogens is 216 g/mol. The maximum atomic E-state index is 12.4. The zero-order valence-electron chi connectivity index (χ0n) is 10.7. The van der Waals surface area contributed by atoms with Crippen LogP contribution in [-0.2, 0) is 0 Å². The van der Waals surface area contributed by atoms with Gasteiger partial charge in [-0.3, -0.25) is 9.89 Å². The van der Waals surface area contributed by atoms with Gasteiger partial charge in [0, 0.05) is 12.6 Å². The van der Waals surface area contributed by atoms with E-state index in [1.165, 1.54) is 6.42 Å². The van der Waals surface area contributed by atoms with Crippen LogP contribution in [0.4, 0.5) is 5.69 Å². The highest BCUT2D eigenvalue weighted by Gasteiger charge is 2.31. The van der Waals surface area contributed by atoms with Crippen molar-refractivity contribution in [2.45, 2.75) is 39.7 Å². The van der Waals surface area contributed by atoms with Gasteiger partial charge in [-0.05, 0) is 32.6 Å². The van der Waals surface area contributed by atoms with Crippen molar-refractivity contribution in [1.29, 1.82) is 0 Å². The second kappa shape index (κ2) is 4.39. The third kappa shape index (κ3) is 2.01. The Kier molecular flexibility index (Phi) is 3.09. The highest BCUT2D eigenvalue weighted by Crippen LogP contribution is 2.25. The minimum Gasteiger partial charge on any atom is -0.395 e. The number of H-pyrrole nitrogens is 1. The first-order valence-electron chi connectivity index (χ1n) is 6.13. The van der Waals surface area contributed by atoms with Crippen LogP contribution in [0.2, 0.25) is 0 Å². The molecule has 2 heterocycles. The summed E-state index contributed by atoms with van der Waals surface area (Å²) in [4.78, 5) is 14.2. The second-order valence-electron chi connectivity index (χ2n) is 4.97. The van der Waals surface area contributed by atoms with Crippen LogP contribution in [0.1, 0.15) is 42.9 Å². The molecule has 17 heavy (non-hydrogen) atoms. The highest BCUT2D eigenvalue weighted by molar-refractivity contribution is 5.97. The second-order valence-corrected chi connectivity index (χ2v) is 4.97. The molecule has 2 unspecified atom stereocenters. The first-order chi connectivity index (χ1) is 8.02. The molecule has 94 valence electrons. The molecule has 5 nitrogen and oxygen atoms in total. The van der Waals surface area contributed by atoms with E-state index in [1.54, 1.807) is 0 Å². The summed E-state index contributed by atoms with van der Waals surface area (Å²) >= 11 is 0. The van der Waals surface area contributed by atoms with Crippen LogP contribution in [0.3, 0.4) is 0 Å². The van der Waals surface area contributed by atoms with E-state index in [-0.39, 0.29) is 11.9 Å². The lowest BCUT2D eigenvalue weighted by molar-refractivity contribution is 0.0546. The van der Waals surface area contributed by atoms with Crippen molar-refractivity contribution in [3.8, 4) is 0 Å². The molecule has 2 atom stereocenters. The number of aryl methyl sites for hydroxylation is 1. The third-order valence-electron chi connectivity index (χ3n) is 3.83. The number of aromatic nitrogens is 2. The molecule has 0 saturated carbocycles. The zero-order chi connectivity index (χ0) is 12.6. The maximum Gasteiger partial charge on any atom is 0.276 e. The average molecular weight is 236 g/mol. The van der Waals surface area contributed by atoms with Gasteiger partial charge in [-0.25, -0.2) is 0 Å². The number of nitrogens with two attached hydrogens (primary N) is 1. The van der Waals surface area contributed by atoms with E-state index in [9.17, 15) is 4.79 Å². The molecule has 1 aliphatic rings. The van der Waals surface area contributed by atoms with Crippen molar-refractivity contribution in [1.82, 2.24) is 15.1 Å². The Bertz CT molecular complexity index is 426. The lowest BCUT2D eigenvalue weighted by atomic mass is 9.92. The van der Waals surface area contributed by atoms with Gasteiger partial charge in [0.1, 0.15) is 0 Å². The molecule has 1 amide bonds. The summed E-state index contributed by atoms with van der Waals surface area (Å²) in [6, 6.07) is 0.257. The van der Waals surface area contributed by atoms with E-state index in [2.05, 4.69) is 24.0 Å². The Morgan fingerprint density at radius 1 is 1.53 bits per heavy atom. The van der Waals surface area contributed by atoms with Gasteiger partial charge in [-0.1, -0.05) is 6.92 Å². The number of carbonyl (C=O) groups excluding carboxylic acids is 1. The Morgan fingerprint density at radius 2 is 2.24 bits per heavy atom. The van der Waals surface area contributed by atoms with Gasteiger partial charge in [0.2, 0.25) is 0 Å². The summed E-state index contributed by atoms with van der Waals surface area (Å²) in [5.74, 6) is 0.486. The standard InChI is InChI=1S/C12H20N4O/c1-7-5-4-6-16(9(7)3)12(17)11-10(13)8(2)14-15-11/h7,9H,4-6,13H2,1-3H3,(H,14,15). The van der Waals surface area contributed by atoms with Crippen LogP contribution in [0, 0.1) is 12.8 Å². The Morgan fingerprint density at radius 3 is 2.82 bits per heavy atom. The van der Waals surface area contributed by atoms with E-state index in [1.807, 2.05) is 11.8 Å². The Balaban J connectivity index is 2.22. The van der Waals surface area contributed by atoms with Crippen molar-refractivity contribution >= 4 is 11.6 Å². The topological polar surface area (TPSA) is 75.0 Å². The smallest absolute Gasteiger partial charge is 0.276 e. The summed E-state index contributed by atoms with van der Waals surface area (Å²) in [5, 5.41) is 6.77. The number of aromatic amines is 1. The molecule has 0 aliphatic carbocycles. The van der Waals surface area contributed by atoms with E-state index in [0.29, 0.717) is 17.3 Å². The average Bonchev–Trinajstić information content (AvgIpc) is 2.63. The summed E-state index contributed by atoms with van der Waals surface area (Å²) in [6.07, 6.45) is 2.24. The fourth-order valence-electron chi connectivity index (χ4n) is 2.36. The normalized spacial score (nSPS) is 25.0. The van der Waals surface area contributed by atoms with Crippen LogP contribution < -0.4 is 5.73 Å². The quantitative estimate of drug-likeness (QED) is 0.777. The first kappa shape index (κ1) is 12.0. The Labute approximate surface area is 101 Å². The van der Waals surface area contributed by atoms with Gasteiger partial charge < -0.3 is 10.6 Å². The minimum atomic E-state index is -0.0501. The number of rotatable bonds is 1. The molecule has 1 saturated heterocycles. The molecule has 1 aliphatic heterocycles. The molecule has 0 bridgehead atoms. The van der Waals surface area contributed by atoms with E-state index >= 15 is 0 Å². The monoisotopic (exact) mass is 236 g/mol. The van der Waals surface area contributed by atoms with Gasteiger partial charge in [-0.2, -0.15) is 5.10 Å².